The minimum atomic E-state index is -1.20. The van der Waals surface area contributed by atoms with Crippen molar-refractivity contribution in [3.63, 3.8) is 0 Å². The van der Waals surface area contributed by atoms with Gasteiger partial charge in [0.05, 0.1) is 0 Å². The van der Waals surface area contributed by atoms with Crippen molar-refractivity contribution in [3.05, 3.63) is 22.3 Å². The molecule has 2 aliphatic rings. The summed E-state index contributed by atoms with van der Waals surface area (Å²) < 4.78 is 0.682. The SMILES string of the molecule is CNc1nnc(SCC2=C(C(=O)O)N3C(=O)C(NC(=O)/C(=N\OC)c4csc(N)n4)C3SC2)s1. The zero-order valence-electron chi connectivity index (χ0n) is 17.7. The van der Waals surface area contributed by atoms with Crippen LogP contribution in [0.5, 0.6) is 0 Å². The van der Waals surface area contributed by atoms with Gasteiger partial charge in [-0.05, 0) is 5.57 Å². The first kappa shape index (κ1) is 24.2. The number of nitrogens with zero attached hydrogens (tertiary/aromatic N) is 5. The number of hydrogen-bond donors (Lipinski definition) is 4. The van der Waals surface area contributed by atoms with E-state index in [2.05, 4.69) is 31.0 Å². The minimum absolute atomic E-state index is 0.0665. The van der Waals surface area contributed by atoms with Crippen LogP contribution in [-0.4, -0.2) is 85.8 Å². The van der Waals surface area contributed by atoms with E-state index in [-0.39, 0.29) is 22.2 Å². The van der Waals surface area contributed by atoms with Crippen LogP contribution in [0.4, 0.5) is 10.3 Å². The Kier molecular flexibility index (Phi) is 7.24. The van der Waals surface area contributed by atoms with Crippen LogP contribution in [0.15, 0.2) is 26.1 Å². The lowest BCUT2D eigenvalue weighted by molar-refractivity contribution is -0.150. The van der Waals surface area contributed by atoms with Crippen molar-refractivity contribution in [2.75, 3.05) is 36.7 Å². The summed E-state index contributed by atoms with van der Waals surface area (Å²) in [5, 5.41) is 28.9. The monoisotopic (exact) mass is 542 g/mol. The molecule has 0 bridgehead atoms. The van der Waals surface area contributed by atoms with Gasteiger partial charge in [0.2, 0.25) is 5.13 Å². The molecular formula is C17H18N8O5S4. The molecule has 2 aromatic rings. The molecule has 0 spiro atoms. The van der Waals surface area contributed by atoms with Gasteiger partial charge in [-0.25, -0.2) is 9.78 Å². The maximum Gasteiger partial charge on any atom is 0.352 e. The average molecular weight is 543 g/mol. The standard InChI is InChI=1S/C17H18N8O5S4/c1-19-16-22-23-17(34-16)33-4-6-3-31-13-9(12(27)25(13)10(6)14(28)29)21-11(26)8(24-30-2)7-5-32-15(18)20-7/h5,9,13H,3-4H2,1-2H3,(H2,18,20)(H,19,22)(H,21,26)(H,28,29)/b24-8-. The third kappa shape index (κ3) is 4.68. The number of thiazole rings is 1. The van der Waals surface area contributed by atoms with Crippen LogP contribution in [0, 0.1) is 0 Å². The number of fused-ring (bicyclic) bond motifs is 1. The van der Waals surface area contributed by atoms with E-state index in [1.807, 2.05) is 0 Å². The maximum atomic E-state index is 12.9. The smallest absolute Gasteiger partial charge is 0.352 e. The molecule has 0 radical (unpaired) electrons. The van der Waals surface area contributed by atoms with E-state index in [0.29, 0.717) is 26.6 Å². The fraction of sp³-hybridized carbons (Fsp3) is 0.353. The molecule has 2 aliphatic heterocycles. The van der Waals surface area contributed by atoms with Gasteiger partial charge in [0.1, 0.15) is 29.9 Å². The van der Waals surface area contributed by atoms with Gasteiger partial charge in [-0.2, -0.15) is 0 Å². The molecule has 2 aromatic heterocycles. The third-order valence-corrected chi connectivity index (χ3v) is 8.86. The summed E-state index contributed by atoms with van der Waals surface area (Å²) in [6.45, 7) is 0. The number of nitrogens with one attached hydrogen (secondary N) is 2. The van der Waals surface area contributed by atoms with Crippen LogP contribution in [-0.2, 0) is 19.2 Å². The Morgan fingerprint density at radius 1 is 1.44 bits per heavy atom. The number of oxime groups is 1. The number of hydrogen-bond acceptors (Lipinski definition) is 14. The van der Waals surface area contributed by atoms with Crippen LogP contribution in [0.25, 0.3) is 0 Å². The van der Waals surface area contributed by atoms with E-state index >= 15 is 0 Å². The fourth-order valence-electron chi connectivity index (χ4n) is 3.21. The van der Waals surface area contributed by atoms with Gasteiger partial charge in [0.15, 0.2) is 15.2 Å². The van der Waals surface area contributed by atoms with E-state index in [1.165, 1.54) is 46.9 Å². The largest absolute Gasteiger partial charge is 0.477 e. The van der Waals surface area contributed by atoms with Gasteiger partial charge in [-0.3, -0.25) is 14.5 Å². The van der Waals surface area contributed by atoms with Crippen LogP contribution in [0.1, 0.15) is 5.69 Å². The van der Waals surface area contributed by atoms with Crippen molar-refractivity contribution in [2.24, 2.45) is 5.16 Å². The molecule has 2 amide bonds. The van der Waals surface area contributed by atoms with Gasteiger partial charge in [0.25, 0.3) is 11.8 Å². The second-order valence-corrected chi connectivity index (χ2v) is 10.9. The Labute approximate surface area is 209 Å². The molecule has 5 N–H and O–H groups in total. The minimum Gasteiger partial charge on any atom is -0.477 e. The summed E-state index contributed by atoms with van der Waals surface area (Å²) >= 11 is 5.20. The normalized spacial score (nSPS) is 20.0. The topological polar surface area (TPSA) is 185 Å². The second kappa shape index (κ2) is 10.2. The Balaban J connectivity index is 1.48. The molecule has 4 heterocycles. The zero-order chi connectivity index (χ0) is 24.4. The highest BCUT2D eigenvalue weighted by molar-refractivity contribution is 8.01. The molecule has 180 valence electrons. The number of aromatic nitrogens is 3. The maximum absolute atomic E-state index is 12.9. The first-order chi connectivity index (χ1) is 16.3. The molecule has 17 heteroatoms. The number of rotatable bonds is 9. The molecule has 0 saturated carbocycles. The quantitative estimate of drug-likeness (QED) is 0.149. The van der Waals surface area contributed by atoms with E-state index in [9.17, 15) is 19.5 Å². The summed E-state index contributed by atoms with van der Waals surface area (Å²) in [4.78, 5) is 47.7. The van der Waals surface area contributed by atoms with Crippen molar-refractivity contribution in [3.8, 4) is 0 Å². The van der Waals surface area contributed by atoms with Crippen LogP contribution < -0.4 is 16.4 Å². The summed E-state index contributed by atoms with van der Waals surface area (Å²) in [6.07, 6.45) is 0. The number of carboxylic acid groups (broad SMARTS) is 1. The molecule has 4 rings (SSSR count). The predicted molar refractivity (Wildman–Crippen MR) is 130 cm³/mol. The van der Waals surface area contributed by atoms with Crippen molar-refractivity contribution in [2.45, 2.75) is 15.8 Å². The molecule has 2 atom stereocenters. The van der Waals surface area contributed by atoms with Crippen molar-refractivity contribution in [1.29, 1.82) is 0 Å². The summed E-state index contributed by atoms with van der Waals surface area (Å²) in [5.74, 6) is -1.67. The molecule has 13 nitrogen and oxygen atoms in total. The van der Waals surface area contributed by atoms with Crippen LogP contribution >= 0.6 is 46.2 Å². The fourth-order valence-corrected chi connectivity index (χ4v) is 6.95. The molecule has 0 aliphatic carbocycles. The van der Waals surface area contributed by atoms with Gasteiger partial charge < -0.3 is 26.3 Å². The van der Waals surface area contributed by atoms with Gasteiger partial charge in [0, 0.05) is 23.9 Å². The number of nitrogens with two attached hydrogens (primary N) is 1. The number of carboxylic acids is 1. The first-order valence-electron chi connectivity index (χ1n) is 9.51. The third-order valence-electron chi connectivity index (χ3n) is 4.69. The molecule has 2 unspecified atom stereocenters. The number of carbonyl (C=O) groups is 3. The number of β-lactam (4-membered cyclic amide) rings is 1. The highest BCUT2D eigenvalue weighted by Crippen LogP contribution is 2.42. The number of amides is 2. The summed E-state index contributed by atoms with van der Waals surface area (Å²) in [7, 11) is 3.01. The second-order valence-electron chi connectivity index (χ2n) is 6.72. The number of thioether (sulfide) groups is 2. The highest BCUT2D eigenvalue weighted by atomic mass is 32.2. The van der Waals surface area contributed by atoms with Crippen molar-refractivity contribution in [1.82, 2.24) is 25.4 Å². The first-order valence-corrected chi connectivity index (χ1v) is 13.2. The number of carbonyl (C=O) groups excluding carboxylic acids is 2. The van der Waals surface area contributed by atoms with Crippen molar-refractivity contribution < 1.29 is 24.3 Å². The molecule has 34 heavy (non-hydrogen) atoms. The molecule has 1 fully saturated rings. The summed E-state index contributed by atoms with van der Waals surface area (Å²) in [5.41, 5.74) is 6.24. The van der Waals surface area contributed by atoms with Gasteiger partial charge in [-0.1, -0.05) is 28.3 Å². The lowest BCUT2D eigenvalue weighted by Crippen LogP contribution is -2.71. The Hall–Kier alpha value is -2.89. The van der Waals surface area contributed by atoms with E-state index in [0.717, 1.165) is 11.3 Å². The van der Waals surface area contributed by atoms with E-state index in [4.69, 9.17) is 10.6 Å². The highest BCUT2D eigenvalue weighted by Gasteiger charge is 2.54. The van der Waals surface area contributed by atoms with E-state index < -0.39 is 29.2 Å². The Morgan fingerprint density at radius 2 is 2.24 bits per heavy atom. The van der Waals surface area contributed by atoms with Gasteiger partial charge >= 0.3 is 5.97 Å². The van der Waals surface area contributed by atoms with Gasteiger partial charge in [-0.15, -0.1) is 33.3 Å². The van der Waals surface area contributed by atoms with Crippen molar-refractivity contribution >= 4 is 80.0 Å². The Morgan fingerprint density at radius 3 is 2.85 bits per heavy atom. The lowest BCUT2D eigenvalue weighted by atomic mass is 10.0. The summed E-state index contributed by atoms with van der Waals surface area (Å²) in [6, 6.07) is -0.916. The predicted octanol–water partition coefficient (Wildman–Crippen LogP) is 0.500. The van der Waals surface area contributed by atoms with Crippen LogP contribution in [0.2, 0.25) is 0 Å². The zero-order valence-corrected chi connectivity index (χ0v) is 20.9. The van der Waals surface area contributed by atoms with Crippen LogP contribution in [0.3, 0.4) is 0 Å². The molecular weight excluding hydrogens is 525 g/mol. The molecule has 0 aromatic carbocycles. The Bertz CT molecular complexity index is 1190. The number of nitrogen functional groups attached to an aromatic ring is 1. The lowest BCUT2D eigenvalue weighted by Gasteiger charge is -2.49. The number of anilines is 2. The average Bonchev–Trinajstić information content (AvgIpc) is 3.47. The number of aliphatic carboxylic acids is 1. The van der Waals surface area contributed by atoms with E-state index in [1.54, 1.807) is 12.4 Å². The molecule has 1 saturated heterocycles.